The highest BCUT2D eigenvalue weighted by atomic mass is 19.1. The highest BCUT2D eigenvalue weighted by Crippen LogP contribution is 2.25. The molecule has 0 bridgehead atoms. The van der Waals surface area contributed by atoms with Crippen LogP contribution in [0.25, 0.3) is 0 Å². The molecule has 1 atom stereocenters. The molecular formula is C17H20FNO2. The van der Waals surface area contributed by atoms with Crippen LogP contribution in [0.4, 0.5) is 4.39 Å². The number of benzene rings is 2. The Kier molecular flexibility index (Phi) is 4.81. The van der Waals surface area contributed by atoms with Gasteiger partial charge < -0.3 is 15.2 Å². The van der Waals surface area contributed by atoms with Gasteiger partial charge in [-0.05, 0) is 43.7 Å². The van der Waals surface area contributed by atoms with Gasteiger partial charge in [0.2, 0.25) is 0 Å². The number of nitrogens with two attached hydrogens (primary N) is 1. The first-order valence-electron chi connectivity index (χ1n) is 6.82. The lowest BCUT2D eigenvalue weighted by Crippen LogP contribution is -2.06. The molecule has 0 aliphatic heterocycles. The minimum atomic E-state index is -0.406. The summed E-state index contributed by atoms with van der Waals surface area (Å²) in [5.41, 5.74) is 8.45. The van der Waals surface area contributed by atoms with Crippen LogP contribution in [0.15, 0.2) is 36.4 Å². The maximum Gasteiger partial charge on any atom is 0.165 e. The molecule has 112 valence electrons. The van der Waals surface area contributed by atoms with E-state index in [-0.39, 0.29) is 18.4 Å². The fourth-order valence-corrected chi connectivity index (χ4v) is 2.09. The van der Waals surface area contributed by atoms with Crippen molar-refractivity contribution in [1.82, 2.24) is 0 Å². The second-order valence-electron chi connectivity index (χ2n) is 5.08. The van der Waals surface area contributed by atoms with Crippen molar-refractivity contribution in [3.05, 3.63) is 58.9 Å². The van der Waals surface area contributed by atoms with Crippen LogP contribution >= 0.6 is 0 Å². The number of ether oxygens (including phenoxy) is 2. The van der Waals surface area contributed by atoms with Gasteiger partial charge in [0, 0.05) is 11.6 Å². The Bertz CT molecular complexity index is 626. The van der Waals surface area contributed by atoms with Crippen molar-refractivity contribution in [3.63, 3.8) is 0 Å². The van der Waals surface area contributed by atoms with E-state index in [1.54, 1.807) is 19.2 Å². The Morgan fingerprint density at radius 2 is 1.86 bits per heavy atom. The van der Waals surface area contributed by atoms with Gasteiger partial charge in [0.1, 0.15) is 12.4 Å². The summed E-state index contributed by atoms with van der Waals surface area (Å²) < 4.78 is 24.8. The number of halogens is 1. The third-order valence-corrected chi connectivity index (χ3v) is 3.30. The van der Waals surface area contributed by atoms with Crippen molar-refractivity contribution in [2.45, 2.75) is 26.5 Å². The molecule has 4 heteroatoms. The first kappa shape index (κ1) is 15.3. The minimum absolute atomic E-state index is 0.203. The average molecular weight is 289 g/mol. The first-order valence-corrected chi connectivity index (χ1v) is 6.82. The number of methoxy groups -OCH3 is 1. The molecule has 0 spiro atoms. The van der Waals surface area contributed by atoms with Gasteiger partial charge in [-0.25, -0.2) is 4.39 Å². The highest BCUT2D eigenvalue weighted by molar-refractivity contribution is 5.37. The summed E-state index contributed by atoms with van der Waals surface area (Å²) >= 11 is 0. The molecule has 0 unspecified atom stereocenters. The summed E-state index contributed by atoms with van der Waals surface area (Å²) in [7, 11) is 1.60. The molecule has 21 heavy (non-hydrogen) atoms. The molecule has 0 aromatic heterocycles. The number of aryl methyl sites for hydroxylation is 1. The van der Waals surface area contributed by atoms with Crippen molar-refractivity contribution in [3.8, 4) is 11.5 Å². The van der Waals surface area contributed by atoms with E-state index in [1.165, 1.54) is 6.07 Å². The molecule has 0 saturated heterocycles. The molecule has 0 amide bonds. The quantitative estimate of drug-likeness (QED) is 0.912. The molecule has 0 aliphatic rings. The fraction of sp³-hybridized carbons (Fsp3) is 0.294. The zero-order valence-electron chi connectivity index (χ0n) is 12.5. The summed E-state index contributed by atoms with van der Waals surface area (Å²) in [5.74, 6) is 0.535. The predicted molar refractivity (Wildman–Crippen MR) is 81.1 cm³/mol. The van der Waals surface area contributed by atoms with E-state index < -0.39 is 5.82 Å². The molecule has 2 rings (SSSR count). The van der Waals surface area contributed by atoms with E-state index in [0.29, 0.717) is 0 Å². The monoisotopic (exact) mass is 289 g/mol. The number of hydrogen-bond donors (Lipinski definition) is 1. The van der Waals surface area contributed by atoms with Gasteiger partial charge in [0.25, 0.3) is 0 Å². The zero-order valence-corrected chi connectivity index (χ0v) is 12.5. The highest BCUT2D eigenvalue weighted by Gasteiger charge is 2.09. The van der Waals surface area contributed by atoms with Crippen LogP contribution in [0.3, 0.4) is 0 Å². The van der Waals surface area contributed by atoms with Crippen molar-refractivity contribution in [1.29, 1.82) is 0 Å². The van der Waals surface area contributed by atoms with Gasteiger partial charge in [0.05, 0.1) is 7.11 Å². The normalized spacial score (nSPS) is 12.0. The maximum atomic E-state index is 14.0. The second kappa shape index (κ2) is 6.59. The van der Waals surface area contributed by atoms with Gasteiger partial charge in [-0.1, -0.05) is 17.7 Å². The van der Waals surface area contributed by atoms with Crippen LogP contribution in [0.2, 0.25) is 0 Å². The lowest BCUT2D eigenvalue weighted by Gasteiger charge is -2.13. The Morgan fingerprint density at radius 1 is 1.14 bits per heavy atom. The van der Waals surface area contributed by atoms with Crippen molar-refractivity contribution in [2.75, 3.05) is 7.11 Å². The molecular weight excluding hydrogens is 269 g/mol. The van der Waals surface area contributed by atoms with Gasteiger partial charge in [-0.2, -0.15) is 0 Å². The van der Waals surface area contributed by atoms with Gasteiger partial charge in [0.15, 0.2) is 11.6 Å². The second-order valence-corrected chi connectivity index (χ2v) is 5.08. The topological polar surface area (TPSA) is 44.5 Å². The lowest BCUT2D eigenvalue weighted by atomic mass is 10.1. The molecule has 2 aromatic carbocycles. The Morgan fingerprint density at radius 3 is 2.48 bits per heavy atom. The van der Waals surface area contributed by atoms with E-state index in [0.717, 1.165) is 22.4 Å². The van der Waals surface area contributed by atoms with Crippen LogP contribution in [-0.4, -0.2) is 7.11 Å². The van der Waals surface area contributed by atoms with E-state index in [9.17, 15) is 4.39 Å². The van der Waals surface area contributed by atoms with Crippen molar-refractivity contribution >= 4 is 0 Å². The summed E-state index contributed by atoms with van der Waals surface area (Å²) in [4.78, 5) is 0. The SMILES string of the molecule is COc1ccc(C)cc1COc1ccc([C@@H](C)N)cc1F. The predicted octanol–water partition coefficient (Wildman–Crippen LogP) is 3.74. The van der Waals surface area contributed by atoms with Crippen LogP contribution in [0, 0.1) is 12.7 Å². The summed E-state index contributed by atoms with van der Waals surface area (Å²) in [6.45, 7) is 4.05. The van der Waals surface area contributed by atoms with Crippen LogP contribution in [0.1, 0.15) is 29.7 Å². The summed E-state index contributed by atoms with van der Waals surface area (Å²) in [5, 5.41) is 0. The molecule has 3 nitrogen and oxygen atoms in total. The smallest absolute Gasteiger partial charge is 0.165 e. The lowest BCUT2D eigenvalue weighted by molar-refractivity contribution is 0.282. The Balaban J connectivity index is 2.15. The van der Waals surface area contributed by atoms with Crippen molar-refractivity contribution < 1.29 is 13.9 Å². The van der Waals surface area contributed by atoms with Crippen LogP contribution in [-0.2, 0) is 6.61 Å². The maximum absolute atomic E-state index is 14.0. The molecule has 2 N–H and O–H groups in total. The summed E-state index contributed by atoms with van der Waals surface area (Å²) in [6, 6.07) is 10.4. The molecule has 0 fully saturated rings. The molecule has 2 aromatic rings. The molecule has 0 heterocycles. The standard InChI is InChI=1S/C17H20FNO2/c1-11-4-6-16(20-3)14(8-11)10-21-17-7-5-13(12(2)19)9-15(17)18/h4-9,12H,10,19H2,1-3H3/t12-/m1/s1. The van der Waals surface area contributed by atoms with E-state index >= 15 is 0 Å². The van der Waals surface area contributed by atoms with Gasteiger partial charge in [-0.3, -0.25) is 0 Å². The first-order chi connectivity index (χ1) is 10.0. The zero-order chi connectivity index (χ0) is 15.4. The van der Waals surface area contributed by atoms with Crippen LogP contribution in [0.5, 0.6) is 11.5 Å². The number of rotatable bonds is 5. The third kappa shape index (κ3) is 3.73. The van der Waals surface area contributed by atoms with E-state index in [1.807, 2.05) is 32.0 Å². The Labute approximate surface area is 124 Å². The van der Waals surface area contributed by atoms with Gasteiger partial charge >= 0.3 is 0 Å². The Hall–Kier alpha value is -2.07. The summed E-state index contributed by atoms with van der Waals surface area (Å²) in [6.07, 6.45) is 0. The average Bonchev–Trinajstić information content (AvgIpc) is 2.46. The number of hydrogen-bond acceptors (Lipinski definition) is 3. The van der Waals surface area contributed by atoms with Crippen LogP contribution < -0.4 is 15.2 Å². The minimum Gasteiger partial charge on any atom is -0.496 e. The third-order valence-electron chi connectivity index (χ3n) is 3.30. The molecule has 0 aliphatic carbocycles. The van der Waals surface area contributed by atoms with Gasteiger partial charge in [-0.15, -0.1) is 0 Å². The molecule has 0 radical (unpaired) electrons. The van der Waals surface area contributed by atoms with E-state index in [2.05, 4.69) is 0 Å². The van der Waals surface area contributed by atoms with Crippen molar-refractivity contribution in [2.24, 2.45) is 5.73 Å². The van der Waals surface area contributed by atoms with E-state index in [4.69, 9.17) is 15.2 Å². The molecule has 0 saturated carbocycles. The fourth-order valence-electron chi connectivity index (χ4n) is 2.09. The largest absolute Gasteiger partial charge is 0.496 e.